The Hall–Kier alpha value is -6.90. The van der Waals surface area contributed by atoms with E-state index in [4.69, 9.17) is 0 Å². The molecule has 0 spiro atoms. The normalized spacial score (nSPS) is 13.4. The number of fused-ring (bicyclic) bond motifs is 5. The van der Waals surface area contributed by atoms with Crippen LogP contribution in [0.3, 0.4) is 0 Å². The summed E-state index contributed by atoms with van der Waals surface area (Å²) in [5, 5.41) is 7.70. The second-order valence-corrected chi connectivity index (χ2v) is 15.9. The van der Waals surface area contributed by atoms with E-state index >= 15 is 0 Å². The summed E-state index contributed by atoms with van der Waals surface area (Å²) in [4.78, 5) is 2.52. The van der Waals surface area contributed by atoms with Gasteiger partial charge in [-0.1, -0.05) is 177 Å². The van der Waals surface area contributed by atoms with Crippen molar-refractivity contribution in [3.63, 3.8) is 0 Å². The number of benzene rings is 9. The third kappa shape index (κ3) is 5.79. The lowest BCUT2D eigenvalue weighted by Crippen LogP contribution is -2.13. The minimum Gasteiger partial charge on any atom is -0.308 e. The maximum atomic E-state index is 2.52. The van der Waals surface area contributed by atoms with Gasteiger partial charge in [-0.05, 0) is 105 Å². The van der Waals surface area contributed by atoms with E-state index in [-0.39, 0.29) is 0 Å². The first-order valence-electron chi connectivity index (χ1n) is 20.9. The fourth-order valence-electron chi connectivity index (χ4n) is 9.95. The molecule has 9 aromatic carbocycles. The third-order valence-electron chi connectivity index (χ3n) is 12.6. The molecule has 0 unspecified atom stereocenters. The van der Waals surface area contributed by atoms with Crippen LogP contribution < -0.4 is 4.90 Å². The van der Waals surface area contributed by atoms with Crippen LogP contribution in [0.25, 0.3) is 71.3 Å². The van der Waals surface area contributed by atoms with Crippen LogP contribution in [0.5, 0.6) is 0 Å². The van der Waals surface area contributed by atoms with Crippen molar-refractivity contribution in [3.05, 3.63) is 206 Å². The molecular formula is C56H44N2. The molecule has 10 aromatic rings. The van der Waals surface area contributed by atoms with Crippen LogP contribution in [0.15, 0.2) is 200 Å². The Kier molecular flexibility index (Phi) is 8.62. The zero-order chi connectivity index (χ0) is 38.4. The van der Waals surface area contributed by atoms with Gasteiger partial charge in [0.2, 0.25) is 0 Å². The van der Waals surface area contributed by atoms with Gasteiger partial charge in [0.25, 0.3) is 0 Å². The van der Waals surface area contributed by atoms with Crippen molar-refractivity contribution in [2.24, 2.45) is 0 Å². The Morgan fingerprint density at radius 2 is 1.02 bits per heavy atom. The molecule has 0 atom stereocenters. The highest BCUT2D eigenvalue weighted by atomic mass is 15.2. The molecule has 1 aliphatic rings. The number of para-hydroxylation sites is 4. The van der Waals surface area contributed by atoms with E-state index in [1.165, 1.54) is 103 Å². The molecule has 1 fully saturated rings. The fourth-order valence-corrected chi connectivity index (χ4v) is 9.95. The number of hydrogen-bond acceptors (Lipinski definition) is 1. The molecule has 1 aromatic heterocycles. The molecule has 0 bridgehead atoms. The van der Waals surface area contributed by atoms with Crippen LogP contribution in [-0.4, -0.2) is 4.57 Å². The van der Waals surface area contributed by atoms with Gasteiger partial charge in [0.15, 0.2) is 0 Å². The van der Waals surface area contributed by atoms with Gasteiger partial charge in [-0.2, -0.15) is 0 Å². The predicted molar refractivity (Wildman–Crippen MR) is 247 cm³/mol. The molecule has 1 heterocycles. The number of nitrogens with zero attached hydrogens (tertiary/aromatic N) is 2. The Morgan fingerprint density at radius 3 is 1.86 bits per heavy atom. The monoisotopic (exact) mass is 744 g/mol. The van der Waals surface area contributed by atoms with Gasteiger partial charge in [0.05, 0.1) is 22.4 Å². The van der Waals surface area contributed by atoms with E-state index in [1.807, 2.05) is 0 Å². The standard InChI is InChI=1S/C56H44N2/c1-3-17-40(18-4-1)47-29-14-21-42-22-15-30-50(55(42)47)48-26-9-11-32-52(48)57(44-37-35-41(36-38-44)46-28-13-20-39-19-7-8-25-45(39)46)54-34-16-31-51-49-27-10-12-33-53(49)58(56(51)54)43-23-5-2-6-24-43/h2,5-16,19-38,40H,1,3-4,17-18H2. The van der Waals surface area contributed by atoms with Crippen molar-refractivity contribution >= 4 is 60.4 Å². The quantitative estimate of drug-likeness (QED) is 0.158. The second-order valence-electron chi connectivity index (χ2n) is 15.9. The summed E-state index contributed by atoms with van der Waals surface area (Å²) < 4.78 is 2.46. The molecule has 1 aliphatic carbocycles. The van der Waals surface area contributed by atoms with Crippen molar-refractivity contribution < 1.29 is 0 Å². The first-order valence-corrected chi connectivity index (χ1v) is 20.9. The molecule has 0 amide bonds. The van der Waals surface area contributed by atoms with E-state index in [2.05, 4.69) is 210 Å². The number of anilines is 3. The van der Waals surface area contributed by atoms with Crippen molar-refractivity contribution in [3.8, 4) is 27.9 Å². The van der Waals surface area contributed by atoms with Gasteiger partial charge in [-0.3, -0.25) is 0 Å². The molecule has 0 radical (unpaired) electrons. The second kappa shape index (κ2) is 14.6. The molecule has 2 nitrogen and oxygen atoms in total. The molecular weight excluding hydrogens is 701 g/mol. The Balaban J connectivity index is 1.19. The summed E-state index contributed by atoms with van der Waals surface area (Å²) in [6.45, 7) is 0. The highest BCUT2D eigenvalue weighted by Gasteiger charge is 2.25. The number of hydrogen-bond donors (Lipinski definition) is 0. The summed E-state index contributed by atoms with van der Waals surface area (Å²) in [7, 11) is 0. The van der Waals surface area contributed by atoms with Crippen molar-refractivity contribution in [2.75, 3.05) is 4.90 Å². The number of rotatable bonds is 7. The third-order valence-corrected chi connectivity index (χ3v) is 12.6. The highest BCUT2D eigenvalue weighted by molar-refractivity contribution is 6.15. The molecule has 0 aliphatic heterocycles. The van der Waals surface area contributed by atoms with E-state index in [0.29, 0.717) is 5.92 Å². The van der Waals surface area contributed by atoms with E-state index in [0.717, 1.165) is 22.7 Å². The first-order chi connectivity index (χ1) is 28.8. The zero-order valence-electron chi connectivity index (χ0n) is 32.6. The molecule has 0 N–H and O–H groups in total. The van der Waals surface area contributed by atoms with Gasteiger partial charge in [-0.15, -0.1) is 0 Å². The Bertz CT molecular complexity index is 3080. The maximum absolute atomic E-state index is 2.52. The minimum absolute atomic E-state index is 0.582. The van der Waals surface area contributed by atoms with Crippen molar-refractivity contribution in [2.45, 2.75) is 38.0 Å². The van der Waals surface area contributed by atoms with Gasteiger partial charge in [0.1, 0.15) is 0 Å². The highest BCUT2D eigenvalue weighted by Crippen LogP contribution is 2.48. The summed E-state index contributed by atoms with van der Waals surface area (Å²) in [5.74, 6) is 0.582. The van der Waals surface area contributed by atoms with Crippen molar-refractivity contribution in [1.29, 1.82) is 0 Å². The molecule has 0 saturated heterocycles. The molecule has 58 heavy (non-hydrogen) atoms. The van der Waals surface area contributed by atoms with Crippen LogP contribution >= 0.6 is 0 Å². The average molecular weight is 745 g/mol. The lowest BCUT2D eigenvalue weighted by atomic mass is 9.80. The Labute approximate surface area is 340 Å². The Morgan fingerprint density at radius 1 is 0.414 bits per heavy atom. The van der Waals surface area contributed by atoms with Gasteiger partial charge < -0.3 is 9.47 Å². The molecule has 2 heteroatoms. The molecule has 11 rings (SSSR count). The summed E-state index contributed by atoms with van der Waals surface area (Å²) in [5.41, 5.74) is 13.4. The minimum atomic E-state index is 0.582. The zero-order valence-corrected chi connectivity index (χ0v) is 32.6. The SMILES string of the molecule is c1ccc(-n2c3ccccc3c3cccc(N(c4ccc(-c5cccc6ccccc56)cc4)c4ccccc4-c4cccc5cccc(C6CCCCC6)c45)c32)cc1. The maximum Gasteiger partial charge on any atom is 0.0782 e. The lowest BCUT2D eigenvalue weighted by Gasteiger charge is -2.30. The lowest BCUT2D eigenvalue weighted by molar-refractivity contribution is 0.445. The average Bonchev–Trinajstić information content (AvgIpc) is 3.65. The van der Waals surface area contributed by atoms with Crippen LogP contribution in [-0.2, 0) is 0 Å². The van der Waals surface area contributed by atoms with Crippen molar-refractivity contribution in [1.82, 2.24) is 4.57 Å². The van der Waals surface area contributed by atoms with Crippen LogP contribution in [0.2, 0.25) is 0 Å². The van der Waals surface area contributed by atoms with Crippen LogP contribution in [0.1, 0.15) is 43.6 Å². The van der Waals surface area contributed by atoms with Gasteiger partial charge >= 0.3 is 0 Å². The fraction of sp³-hybridized carbons (Fsp3) is 0.107. The van der Waals surface area contributed by atoms with E-state index in [1.54, 1.807) is 0 Å². The van der Waals surface area contributed by atoms with Crippen LogP contribution in [0.4, 0.5) is 17.1 Å². The predicted octanol–water partition coefficient (Wildman–Crippen LogP) is 15.9. The molecule has 278 valence electrons. The van der Waals surface area contributed by atoms with E-state index < -0.39 is 0 Å². The molecule has 1 saturated carbocycles. The van der Waals surface area contributed by atoms with Crippen LogP contribution in [0, 0.1) is 0 Å². The van der Waals surface area contributed by atoms with E-state index in [9.17, 15) is 0 Å². The summed E-state index contributed by atoms with van der Waals surface area (Å²) >= 11 is 0. The summed E-state index contributed by atoms with van der Waals surface area (Å²) in [6.07, 6.45) is 6.48. The van der Waals surface area contributed by atoms with Gasteiger partial charge in [0, 0.05) is 27.7 Å². The van der Waals surface area contributed by atoms with Gasteiger partial charge in [-0.25, -0.2) is 0 Å². The summed E-state index contributed by atoms with van der Waals surface area (Å²) in [6, 6.07) is 74.0. The smallest absolute Gasteiger partial charge is 0.0782 e. The first kappa shape index (κ1) is 34.4. The largest absolute Gasteiger partial charge is 0.308 e. The topological polar surface area (TPSA) is 8.17 Å². The number of aromatic nitrogens is 1.